The van der Waals surface area contributed by atoms with Crippen LogP contribution in [0.25, 0.3) is 0 Å². The van der Waals surface area contributed by atoms with E-state index in [4.69, 9.17) is 23.2 Å². The third-order valence-corrected chi connectivity index (χ3v) is 4.31. The number of aromatic nitrogens is 2. The highest BCUT2D eigenvalue weighted by Gasteiger charge is 2.76. The van der Waals surface area contributed by atoms with Crippen molar-refractivity contribution in [2.24, 2.45) is 0 Å². The summed E-state index contributed by atoms with van der Waals surface area (Å²) in [6, 6.07) is 5.57. The van der Waals surface area contributed by atoms with Gasteiger partial charge in [0.2, 0.25) is 0 Å². The lowest BCUT2D eigenvalue weighted by Crippen LogP contribution is -2.57. The summed E-state index contributed by atoms with van der Waals surface area (Å²) < 4.78 is 90.2. The van der Waals surface area contributed by atoms with Crippen LogP contribution in [0.2, 0.25) is 10.0 Å². The lowest BCUT2D eigenvalue weighted by molar-refractivity contribution is -0.343. The van der Waals surface area contributed by atoms with E-state index in [9.17, 15) is 35.5 Å². The van der Waals surface area contributed by atoms with E-state index in [2.05, 4.69) is 5.10 Å². The van der Waals surface area contributed by atoms with Crippen molar-refractivity contribution < 1.29 is 35.5 Å². The number of benzene rings is 1. The second kappa shape index (κ2) is 7.43. The van der Waals surface area contributed by atoms with Crippen LogP contribution < -0.4 is 5.32 Å². The number of halogens is 9. The number of hydrogen-bond acceptors (Lipinski definition) is 2. The zero-order valence-corrected chi connectivity index (χ0v) is 15.2. The normalized spacial score (nSPS) is 12.9. The van der Waals surface area contributed by atoms with Gasteiger partial charge in [0.1, 0.15) is 0 Å². The van der Waals surface area contributed by atoms with Crippen molar-refractivity contribution in [3.05, 3.63) is 45.6 Å². The molecule has 0 saturated carbocycles. The molecule has 154 valence electrons. The maximum Gasteiger partial charge on any atom is 0.460 e. The van der Waals surface area contributed by atoms with Crippen molar-refractivity contribution in [2.45, 2.75) is 31.5 Å². The van der Waals surface area contributed by atoms with Gasteiger partial charge in [0.25, 0.3) is 0 Å². The van der Waals surface area contributed by atoms with Crippen LogP contribution in [0.5, 0.6) is 0 Å². The van der Waals surface area contributed by atoms with Crippen molar-refractivity contribution in [1.82, 2.24) is 9.78 Å². The number of amides is 1. The minimum absolute atomic E-state index is 0.0354. The summed E-state index contributed by atoms with van der Waals surface area (Å²) in [6.45, 7) is 1.48. The topological polar surface area (TPSA) is 46.9 Å². The number of nitrogens with one attached hydrogen (secondary N) is 1. The molecule has 1 aromatic carbocycles. The second-order valence-electron chi connectivity index (χ2n) is 5.68. The van der Waals surface area contributed by atoms with Crippen molar-refractivity contribution in [3.8, 4) is 0 Å². The Morgan fingerprint density at radius 3 is 2.21 bits per heavy atom. The van der Waals surface area contributed by atoms with Gasteiger partial charge in [-0.2, -0.15) is 35.8 Å². The smallest absolute Gasteiger partial charge is 0.304 e. The van der Waals surface area contributed by atoms with Crippen LogP contribution in [0.4, 0.5) is 36.6 Å². The third-order valence-electron chi connectivity index (χ3n) is 3.57. The van der Waals surface area contributed by atoms with Gasteiger partial charge in [-0.1, -0.05) is 29.3 Å². The largest absolute Gasteiger partial charge is 0.460 e. The monoisotopic (exact) mass is 451 g/mol. The maximum absolute atomic E-state index is 13.4. The van der Waals surface area contributed by atoms with Crippen molar-refractivity contribution in [3.63, 3.8) is 0 Å². The molecule has 0 spiro atoms. The summed E-state index contributed by atoms with van der Waals surface area (Å²) in [5, 5.41) is 5.49. The molecule has 1 N–H and O–H groups in total. The number of nitrogens with zero attached hydrogens (tertiary/aromatic N) is 2. The van der Waals surface area contributed by atoms with Gasteiger partial charge in [0.05, 0.1) is 16.6 Å². The number of hydrogen-bond donors (Lipinski definition) is 1. The number of carbonyl (C=O) groups is 1. The summed E-state index contributed by atoms with van der Waals surface area (Å²) >= 11 is 11.6. The molecule has 0 unspecified atom stereocenters. The molecule has 1 heterocycles. The second-order valence-corrected chi connectivity index (χ2v) is 6.49. The molecule has 1 aromatic heterocycles. The van der Waals surface area contributed by atoms with Crippen LogP contribution in [0, 0.1) is 6.92 Å². The number of carbonyl (C=O) groups excluding carboxylic acids is 1. The fraction of sp³-hybridized carbons (Fsp3) is 0.333. The molecule has 1 amide bonds. The summed E-state index contributed by atoms with van der Waals surface area (Å²) in [5.41, 5.74) is 0.875. The third kappa shape index (κ3) is 4.19. The van der Waals surface area contributed by atoms with E-state index in [1.54, 1.807) is 6.07 Å². The highest BCUT2D eigenvalue weighted by molar-refractivity contribution is 6.42. The standard InChI is InChI=1S/C15H10Cl2F7N3O/c1-7-4-11(25-12(28)13(18,19)14(20,21)15(22,23)24)26-27(7)6-8-2-3-9(16)10(17)5-8/h2-5H,6H2,1H3,(H,25,26,28). The molecule has 0 aliphatic heterocycles. The quantitative estimate of drug-likeness (QED) is 0.625. The summed E-state index contributed by atoms with van der Waals surface area (Å²) in [4.78, 5) is 11.4. The zero-order valence-electron chi connectivity index (χ0n) is 13.7. The Morgan fingerprint density at radius 1 is 1.07 bits per heavy atom. The molecule has 0 saturated heterocycles. The number of rotatable bonds is 5. The molecule has 0 radical (unpaired) electrons. The van der Waals surface area contributed by atoms with Crippen LogP contribution in [0.1, 0.15) is 11.3 Å². The van der Waals surface area contributed by atoms with Gasteiger partial charge in [0, 0.05) is 11.8 Å². The van der Waals surface area contributed by atoms with E-state index in [0.717, 1.165) is 6.07 Å². The fourth-order valence-corrected chi connectivity index (χ4v) is 2.38. The summed E-state index contributed by atoms with van der Waals surface area (Å²) in [7, 11) is 0. The number of alkyl halides is 7. The molecular weight excluding hydrogens is 442 g/mol. The first-order chi connectivity index (χ1) is 12.7. The van der Waals surface area contributed by atoms with E-state index >= 15 is 0 Å². The Morgan fingerprint density at radius 2 is 1.68 bits per heavy atom. The van der Waals surface area contributed by atoms with Gasteiger partial charge in [-0.25, -0.2) is 0 Å². The Bertz CT molecular complexity index is 896. The van der Waals surface area contributed by atoms with E-state index in [0.29, 0.717) is 11.3 Å². The summed E-state index contributed by atoms with van der Waals surface area (Å²) in [6.07, 6.45) is -6.61. The van der Waals surface area contributed by atoms with E-state index in [1.807, 2.05) is 0 Å². The molecule has 0 aliphatic rings. The Labute approximate surface area is 163 Å². The first kappa shape index (κ1) is 22.3. The van der Waals surface area contributed by atoms with Gasteiger partial charge in [-0.15, -0.1) is 0 Å². The van der Waals surface area contributed by atoms with Crippen molar-refractivity contribution in [1.29, 1.82) is 0 Å². The average molecular weight is 452 g/mol. The van der Waals surface area contributed by atoms with Crippen LogP contribution >= 0.6 is 23.2 Å². The molecule has 4 nitrogen and oxygen atoms in total. The molecule has 2 aromatic rings. The maximum atomic E-state index is 13.4. The van der Waals surface area contributed by atoms with Gasteiger partial charge >= 0.3 is 23.9 Å². The predicted octanol–water partition coefficient (Wildman–Crippen LogP) is 5.32. The molecule has 0 aliphatic carbocycles. The Balaban J connectivity index is 2.20. The van der Waals surface area contributed by atoms with E-state index in [1.165, 1.54) is 29.1 Å². The lowest BCUT2D eigenvalue weighted by atomic mass is 10.1. The van der Waals surface area contributed by atoms with Crippen LogP contribution in [-0.2, 0) is 11.3 Å². The van der Waals surface area contributed by atoms with Crippen LogP contribution in [0.15, 0.2) is 24.3 Å². The number of aryl methyl sites for hydroxylation is 1. The molecule has 0 bridgehead atoms. The van der Waals surface area contributed by atoms with Gasteiger partial charge in [0.15, 0.2) is 5.82 Å². The van der Waals surface area contributed by atoms with Crippen molar-refractivity contribution in [2.75, 3.05) is 5.32 Å². The predicted molar refractivity (Wildman–Crippen MR) is 87.1 cm³/mol. The number of anilines is 1. The Kier molecular flexibility index (Phi) is 5.91. The van der Waals surface area contributed by atoms with Gasteiger partial charge in [-0.3, -0.25) is 9.48 Å². The van der Waals surface area contributed by atoms with Gasteiger partial charge in [-0.05, 0) is 24.6 Å². The average Bonchev–Trinajstić information content (AvgIpc) is 2.89. The minimum atomic E-state index is -6.61. The van der Waals surface area contributed by atoms with Crippen molar-refractivity contribution >= 4 is 34.9 Å². The first-order valence-corrected chi connectivity index (χ1v) is 8.04. The van der Waals surface area contributed by atoms with Crippen LogP contribution in [-0.4, -0.2) is 33.7 Å². The molecule has 28 heavy (non-hydrogen) atoms. The Hall–Kier alpha value is -2.01. The zero-order chi connectivity index (χ0) is 21.5. The highest BCUT2D eigenvalue weighted by atomic mass is 35.5. The molecular formula is C15H10Cl2F7N3O. The van der Waals surface area contributed by atoms with Crippen LogP contribution in [0.3, 0.4) is 0 Å². The minimum Gasteiger partial charge on any atom is -0.304 e. The highest BCUT2D eigenvalue weighted by Crippen LogP contribution is 2.46. The first-order valence-electron chi connectivity index (χ1n) is 7.29. The molecule has 2 rings (SSSR count). The molecule has 13 heteroatoms. The van der Waals surface area contributed by atoms with E-state index < -0.39 is 29.7 Å². The van der Waals surface area contributed by atoms with E-state index in [-0.39, 0.29) is 16.6 Å². The summed E-state index contributed by atoms with van der Waals surface area (Å²) in [5.74, 6) is -16.1. The molecule has 0 fully saturated rings. The fourth-order valence-electron chi connectivity index (χ4n) is 2.06. The lowest BCUT2D eigenvalue weighted by Gasteiger charge is -2.26. The van der Waals surface area contributed by atoms with Gasteiger partial charge < -0.3 is 5.32 Å². The molecule has 0 atom stereocenters. The SMILES string of the molecule is Cc1cc(NC(=O)C(F)(F)C(F)(F)C(F)(F)F)nn1Cc1ccc(Cl)c(Cl)c1.